The lowest BCUT2D eigenvalue weighted by Gasteiger charge is -2.39. The summed E-state index contributed by atoms with van der Waals surface area (Å²) in [5.41, 5.74) is 5.94. The van der Waals surface area contributed by atoms with Crippen LogP contribution in [0.4, 0.5) is 0 Å². The molecule has 348 valence electrons. The zero-order chi connectivity index (χ0) is 46.6. The van der Waals surface area contributed by atoms with Crippen LogP contribution >= 0.6 is 45.6 Å². The molecule has 3 aromatic rings. The molecular formula is C25H52N8O21P6. The molecule has 3 heterocycles. The molecule has 15 N–H and O–H groups in total. The lowest BCUT2D eigenvalue weighted by atomic mass is 10.3. The van der Waals surface area contributed by atoms with E-state index < -0.39 is 80.8 Å². The Morgan fingerprint density at radius 1 is 0.683 bits per heavy atom. The number of aromatic nitrogens is 6. The van der Waals surface area contributed by atoms with Gasteiger partial charge >= 0.3 is 45.6 Å². The molecule has 0 fully saturated rings. The van der Waals surface area contributed by atoms with Gasteiger partial charge in [0.1, 0.15) is 0 Å². The maximum absolute atomic E-state index is 11.7. The van der Waals surface area contributed by atoms with Crippen molar-refractivity contribution in [3.63, 3.8) is 0 Å². The summed E-state index contributed by atoms with van der Waals surface area (Å²) < 4.78 is 86.1. The van der Waals surface area contributed by atoms with Crippen LogP contribution < -0.4 is 5.73 Å². The first kappa shape index (κ1) is 56.3. The molecule has 29 nitrogen and oxygen atoms in total. The van der Waals surface area contributed by atoms with Crippen molar-refractivity contribution in [2.24, 2.45) is 5.73 Å². The van der Waals surface area contributed by atoms with Crippen molar-refractivity contribution in [2.45, 2.75) is 47.8 Å². The van der Waals surface area contributed by atoms with Gasteiger partial charge in [-0.2, -0.15) is 0 Å². The van der Waals surface area contributed by atoms with E-state index in [0.29, 0.717) is 6.42 Å². The predicted octanol–water partition coefficient (Wildman–Crippen LogP) is -0.890. The third-order valence-electron chi connectivity index (χ3n) is 8.17. The third-order valence-corrected chi connectivity index (χ3v) is 20.2. The number of aromatic amines is 1. The molecule has 0 aliphatic carbocycles. The second-order valence-corrected chi connectivity index (χ2v) is 25.2. The van der Waals surface area contributed by atoms with E-state index in [-0.39, 0.29) is 31.9 Å². The molecule has 35 heteroatoms. The molecule has 0 aliphatic rings. The van der Waals surface area contributed by atoms with Crippen LogP contribution in [0.15, 0.2) is 50.0 Å². The molecule has 2 atom stereocenters. The van der Waals surface area contributed by atoms with Gasteiger partial charge in [0, 0.05) is 43.1 Å². The van der Waals surface area contributed by atoms with E-state index in [1.807, 2.05) is 0 Å². The Labute approximate surface area is 342 Å². The first-order valence-electron chi connectivity index (χ1n) is 16.6. The summed E-state index contributed by atoms with van der Waals surface area (Å²) in [5.74, 6) is 0. The normalized spacial score (nSPS) is 14.7. The van der Waals surface area contributed by atoms with E-state index in [1.54, 1.807) is 54.1 Å². The van der Waals surface area contributed by atoms with Crippen LogP contribution in [0.3, 0.4) is 0 Å². The number of nitrogens with one attached hydrogen (secondary N) is 1. The Morgan fingerprint density at radius 3 is 1.43 bits per heavy atom. The number of likely N-dealkylation sites (N-methyl/N-ethyl adjacent to an activating group) is 1. The lowest BCUT2D eigenvalue weighted by Crippen LogP contribution is -2.47. The maximum atomic E-state index is 11.7. The minimum absolute atomic E-state index is 0.00590. The molecule has 0 radical (unpaired) electrons. The highest BCUT2D eigenvalue weighted by molar-refractivity contribution is 7.73. The van der Waals surface area contributed by atoms with Gasteiger partial charge in [-0.1, -0.05) is 0 Å². The van der Waals surface area contributed by atoms with Crippen molar-refractivity contribution in [1.82, 2.24) is 34.0 Å². The van der Waals surface area contributed by atoms with Gasteiger partial charge in [0.15, 0.2) is 5.40 Å². The van der Waals surface area contributed by atoms with Crippen molar-refractivity contribution in [3.8, 4) is 0 Å². The number of imidazole rings is 3. The predicted molar refractivity (Wildman–Crippen MR) is 208 cm³/mol. The van der Waals surface area contributed by atoms with Gasteiger partial charge in [0.2, 0.25) is 10.0 Å². The van der Waals surface area contributed by atoms with Crippen LogP contribution in [-0.4, -0.2) is 162 Å². The van der Waals surface area contributed by atoms with Gasteiger partial charge in [-0.15, -0.1) is 0 Å². The average molecular weight is 987 g/mol. The SMILES string of the molecule is CC(COCC(N(C)C)(P(=O)(O)O)P(=O)(O)O)n1ccnc1.CC(COCC(N)(P(=O)(O)O)P(=O)(O)O)n1ccnc1.O=P(O)(O)C(COCCc1cnc[nH]1)P(=O)(O)O. The number of H-pyrrole nitrogens is 1. The molecule has 0 saturated carbocycles. The van der Waals surface area contributed by atoms with Crippen molar-refractivity contribution >= 4 is 45.6 Å². The van der Waals surface area contributed by atoms with Crippen LogP contribution in [0.5, 0.6) is 0 Å². The molecule has 0 aromatic carbocycles. The van der Waals surface area contributed by atoms with Gasteiger partial charge in [-0.3, -0.25) is 32.3 Å². The van der Waals surface area contributed by atoms with Crippen molar-refractivity contribution in [3.05, 3.63) is 55.7 Å². The molecule has 60 heavy (non-hydrogen) atoms. The highest BCUT2D eigenvalue weighted by Gasteiger charge is 2.63. The number of hydrogen-bond acceptors (Lipinski definition) is 14. The first-order valence-corrected chi connectivity index (χ1v) is 26.4. The second-order valence-electron chi connectivity index (χ2n) is 13.0. The van der Waals surface area contributed by atoms with Crippen LogP contribution in [-0.2, 0) is 48.0 Å². The van der Waals surface area contributed by atoms with E-state index >= 15 is 0 Å². The van der Waals surface area contributed by atoms with Crippen molar-refractivity contribution in [2.75, 3.05) is 53.7 Å². The summed E-state index contributed by atoms with van der Waals surface area (Å²) in [4.78, 5) is 124. The Kier molecular flexibility index (Phi) is 21.4. The zero-order valence-electron chi connectivity index (χ0n) is 32.3. The largest absolute Gasteiger partial charge is 0.379 e. The minimum Gasteiger partial charge on any atom is -0.379 e. The van der Waals surface area contributed by atoms with Gasteiger partial charge in [-0.05, 0) is 27.9 Å². The van der Waals surface area contributed by atoms with E-state index in [2.05, 4.69) is 19.9 Å². The molecular weight excluding hydrogens is 934 g/mol. The first-order chi connectivity index (χ1) is 27.1. The van der Waals surface area contributed by atoms with E-state index in [4.69, 9.17) is 59.1 Å². The molecule has 0 saturated heterocycles. The highest BCUT2D eigenvalue weighted by atomic mass is 31.2. The van der Waals surface area contributed by atoms with E-state index in [0.717, 1.165) is 10.6 Å². The summed E-state index contributed by atoms with van der Waals surface area (Å²) in [6, 6.07) is -0.453. The highest BCUT2D eigenvalue weighted by Crippen LogP contribution is 2.70. The fraction of sp³-hybridized carbons (Fsp3) is 0.640. The standard InChI is InChI=1S/C10H21N3O7P2.C8H17N3O7P2.C7H14N2O7P2/c1-9(13-5-4-11-8-13)6-20-7-10(12(2)3,21(14,15)16)22(17,18)19;1-7(11-3-2-10-6-11)4-18-5-8(9,19(12,13)14)20(15,16)17;10-17(11,12)7(18(13,14)15)4-16-2-1-6-3-8-5-9-6/h4-5,8-9H,6-7H2,1-3H3,(H2,14,15,16)(H2,17,18,19);2-3,6-7H,4-5,9H2,1H3,(H2,12,13,14)(H2,15,16,17);3,5,7H,1-2,4H2,(H,8,9)(H2,10,11,12)(H2,13,14,15). The molecule has 3 rings (SSSR count). The Bertz CT molecular complexity index is 1920. The maximum Gasteiger partial charge on any atom is 0.360 e. The van der Waals surface area contributed by atoms with Crippen LogP contribution in [0.2, 0.25) is 0 Å². The molecule has 0 amide bonds. The minimum atomic E-state index is -5.26. The molecule has 2 unspecified atom stereocenters. The Morgan fingerprint density at radius 2 is 1.12 bits per heavy atom. The molecule has 0 bridgehead atoms. The van der Waals surface area contributed by atoms with E-state index in [9.17, 15) is 47.0 Å². The third kappa shape index (κ3) is 16.5. The lowest BCUT2D eigenvalue weighted by molar-refractivity contribution is 0.0532. The van der Waals surface area contributed by atoms with Crippen LogP contribution in [0.1, 0.15) is 31.6 Å². The van der Waals surface area contributed by atoms with Crippen LogP contribution in [0, 0.1) is 0 Å². The topological polar surface area (TPSA) is 466 Å². The second kappa shape index (κ2) is 22.8. The summed E-state index contributed by atoms with van der Waals surface area (Å²) in [7, 11) is -28.3. The number of rotatable bonds is 22. The summed E-state index contributed by atoms with van der Waals surface area (Å²) in [5, 5.41) is -7.88. The number of hydrogen-bond donors (Lipinski definition) is 14. The molecule has 3 aromatic heterocycles. The van der Waals surface area contributed by atoms with E-state index in [1.165, 1.54) is 32.9 Å². The van der Waals surface area contributed by atoms with Gasteiger partial charge in [-0.25, -0.2) is 15.0 Å². The quantitative estimate of drug-likeness (QED) is 0.0429. The zero-order valence-corrected chi connectivity index (χ0v) is 37.7. The average Bonchev–Trinajstić information content (AvgIpc) is 3.88. The summed E-state index contributed by atoms with van der Waals surface area (Å²) in [6.45, 7) is 1.04. The van der Waals surface area contributed by atoms with Gasteiger partial charge in [0.05, 0.1) is 70.7 Å². The number of ether oxygens (including phenoxy) is 3. The molecule has 0 aliphatic heterocycles. The fourth-order valence-electron chi connectivity index (χ4n) is 4.49. The summed E-state index contributed by atoms with van der Waals surface area (Å²) in [6.07, 6.45) is 12.9. The van der Waals surface area contributed by atoms with Gasteiger partial charge < -0.3 is 92.8 Å². The number of nitrogens with zero attached hydrogens (tertiary/aromatic N) is 6. The summed E-state index contributed by atoms with van der Waals surface area (Å²) >= 11 is 0. The monoisotopic (exact) mass is 986 g/mol. The number of nitrogens with two attached hydrogens (primary N) is 1. The van der Waals surface area contributed by atoms with Crippen molar-refractivity contribution < 1.29 is 100 Å². The Hall–Kier alpha value is -1.67. The van der Waals surface area contributed by atoms with Crippen LogP contribution in [0.25, 0.3) is 0 Å². The molecule has 0 spiro atoms. The smallest absolute Gasteiger partial charge is 0.360 e. The fourth-order valence-corrected chi connectivity index (χ4v) is 11.4. The van der Waals surface area contributed by atoms with Crippen molar-refractivity contribution in [1.29, 1.82) is 0 Å². The van der Waals surface area contributed by atoms with Gasteiger partial charge in [0.25, 0.3) is 0 Å². The Balaban J connectivity index is 0.000000452.